The van der Waals surface area contributed by atoms with Crippen molar-refractivity contribution in [2.24, 2.45) is 13.0 Å². The maximum absolute atomic E-state index is 12.8. The van der Waals surface area contributed by atoms with Crippen LogP contribution in [0.25, 0.3) is 10.2 Å². The van der Waals surface area contributed by atoms with Crippen LogP contribution in [-0.4, -0.2) is 37.2 Å². The van der Waals surface area contributed by atoms with E-state index in [0.29, 0.717) is 19.5 Å². The van der Waals surface area contributed by atoms with Crippen molar-refractivity contribution in [2.75, 3.05) is 7.05 Å². The van der Waals surface area contributed by atoms with Crippen LogP contribution in [0.2, 0.25) is 0 Å². The molecule has 2 aromatic heterocycles. The highest BCUT2D eigenvalue weighted by Gasteiger charge is 2.29. The number of hydrogen-bond acceptors (Lipinski definition) is 5. The Hall–Kier alpha value is -2.48. The van der Waals surface area contributed by atoms with Gasteiger partial charge in [-0.2, -0.15) is 5.10 Å². The van der Waals surface area contributed by atoms with Crippen molar-refractivity contribution in [1.82, 2.24) is 24.2 Å². The molecule has 1 amide bonds. The Balaban J connectivity index is 1.49. The second kappa shape index (κ2) is 6.11. The molecule has 130 valence electrons. The van der Waals surface area contributed by atoms with Gasteiger partial charge in [-0.1, -0.05) is 12.1 Å². The molecule has 3 aromatic rings. The topological polar surface area (TPSA) is 73.0 Å². The third-order valence-corrected chi connectivity index (χ3v) is 5.66. The minimum Gasteiger partial charge on any atom is -0.339 e. The minimum absolute atomic E-state index is 0.0562. The summed E-state index contributed by atoms with van der Waals surface area (Å²) in [5.74, 6) is 0.639. The van der Waals surface area contributed by atoms with Gasteiger partial charge in [-0.25, -0.2) is 14.5 Å². The molecule has 0 N–H and O–H groups in total. The van der Waals surface area contributed by atoms with Gasteiger partial charge in [0.05, 0.1) is 22.7 Å². The number of amides is 1. The molecule has 0 spiro atoms. The van der Waals surface area contributed by atoms with Gasteiger partial charge < -0.3 is 4.90 Å². The van der Waals surface area contributed by atoms with Crippen LogP contribution in [0, 0.1) is 5.92 Å². The Morgan fingerprint density at radius 2 is 2.20 bits per heavy atom. The molecule has 0 radical (unpaired) electrons. The fourth-order valence-electron chi connectivity index (χ4n) is 3.32. The van der Waals surface area contributed by atoms with E-state index in [1.165, 1.54) is 4.68 Å². The van der Waals surface area contributed by atoms with Gasteiger partial charge in [0.25, 0.3) is 0 Å². The van der Waals surface area contributed by atoms with E-state index in [4.69, 9.17) is 0 Å². The summed E-state index contributed by atoms with van der Waals surface area (Å²) in [6, 6.07) is 7.97. The third kappa shape index (κ3) is 2.86. The Morgan fingerprint density at radius 1 is 1.40 bits per heavy atom. The fourth-order valence-corrected chi connectivity index (χ4v) is 4.34. The number of aromatic nitrogens is 4. The Kier molecular flexibility index (Phi) is 3.91. The summed E-state index contributed by atoms with van der Waals surface area (Å²) in [6.07, 6.45) is 1.38. The standard InChI is InChI=1S/C17H19N5O2S/c1-20(10-15-18-12-5-3-4-6-13(12)25-15)16(23)11-7-8-14-19-21(2)17(24)22(14)9-11/h3-6,11H,7-10H2,1-2H3. The summed E-state index contributed by atoms with van der Waals surface area (Å²) in [6.45, 7) is 0.897. The van der Waals surface area contributed by atoms with E-state index in [9.17, 15) is 9.59 Å². The quantitative estimate of drug-likeness (QED) is 0.710. The van der Waals surface area contributed by atoms with E-state index >= 15 is 0 Å². The minimum atomic E-state index is -0.186. The van der Waals surface area contributed by atoms with Gasteiger partial charge in [-0.15, -0.1) is 11.3 Å². The molecule has 3 heterocycles. The molecule has 4 rings (SSSR count). The first-order chi connectivity index (χ1) is 12.0. The van der Waals surface area contributed by atoms with Gasteiger partial charge in [0.1, 0.15) is 10.8 Å². The zero-order valence-electron chi connectivity index (χ0n) is 14.2. The molecule has 8 heteroatoms. The fraction of sp³-hybridized carbons (Fsp3) is 0.412. The van der Waals surface area contributed by atoms with Crippen molar-refractivity contribution >= 4 is 27.5 Å². The first-order valence-electron chi connectivity index (χ1n) is 8.25. The van der Waals surface area contributed by atoms with E-state index < -0.39 is 0 Å². The van der Waals surface area contributed by atoms with Crippen LogP contribution >= 0.6 is 11.3 Å². The third-order valence-electron chi connectivity index (χ3n) is 4.64. The number of carbonyl (C=O) groups is 1. The largest absolute Gasteiger partial charge is 0.345 e. The zero-order valence-corrected chi connectivity index (χ0v) is 15.0. The smallest absolute Gasteiger partial charge is 0.339 e. The van der Waals surface area contributed by atoms with Crippen LogP contribution < -0.4 is 5.69 Å². The summed E-state index contributed by atoms with van der Waals surface area (Å²) in [4.78, 5) is 31.2. The SMILES string of the molecule is CN(Cc1nc2ccccc2s1)C(=O)C1CCc2nn(C)c(=O)n2C1. The monoisotopic (exact) mass is 357 g/mol. The molecule has 0 saturated carbocycles. The predicted molar refractivity (Wildman–Crippen MR) is 95.4 cm³/mol. The molecule has 25 heavy (non-hydrogen) atoms. The van der Waals surface area contributed by atoms with Crippen LogP contribution in [0.4, 0.5) is 0 Å². The number of nitrogens with zero attached hydrogens (tertiary/aromatic N) is 5. The van der Waals surface area contributed by atoms with Crippen molar-refractivity contribution in [3.05, 3.63) is 45.6 Å². The van der Waals surface area contributed by atoms with Gasteiger partial charge in [-0.3, -0.25) is 9.36 Å². The highest BCUT2D eigenvalue weighted by Crippen LogP contribution is 2.24. The maximum atomic E-state index is 12.8. The van der Waals surface area contributed by atoms with Crippen LogP contribution in [0.3, 0.4) is 0 Å². The summed E-state index contributed by atoms with van der Waals surface area (Å²) in [5, 5.41) is 5.14. The van der Waals surface area contributed by atoms with Crippen LogP contribution in [-0.2, 0) is 31.4 Å². The predicted octanol–water partition coefficient (Wildman–Crippen LogP) is 1.41. The van der Waals surface area contributed by atoms with Crippen molar-refractivity contribution in [1.29, 1.82) is 0 Å². The van der Waals surface area contributed by atoms with Crippen molar-refractivity contribution in [3.8, 4) is 0 Å². The Labute approximate surface area is 148 Å². The van der Waals surface area contributed by atoms with E-state index in [0.717, 1.165) is 27.5 Å². The lowest BCUT2D eigenvalue weighted by Gasteiger charge is -2.26. The van der Waals surface area contributed by atoms with Crippen LogP contribution in [0.1, 0.15) is 17.3 Å². The van der Waals surface area contributed by atoms with Gasteiger partial charge in [0.2, 0.25) is 5.91 Å². The van der Waals surface area contributed by atoms with Gasteiger partial charge in [-0.05, 0) is 18.6 Å². The number of para-hydroxylation sites is 1. The molecular formula is C17H19N5O2S. The number of aryl methyl sites for hydroxylation is 2. The molecule has 1 aromatic carbocycles. The lowest BCUT2D eigenvalue weighted by atomic mass is 9.98. The van der Waals surface area contributed by atoms with Gasteiger partial charge in [0.15, 0.2) is 0 Å². The molecule has 0 aliphatic carbocycles. The maximum Gasteiger partial charge on any atom is 0.345 e. The van der Waals surface area contributed by atoms with Crippen molar-refractivity contribution < 1.29 is 4.79 Å². The van der Waals surface area contributed by atoms with Crippen molar-refractivity contribution in [2.45, 2.75) is 25.9 Å². The lowest BCUT2D eigenvalue weighted by Crippen LogP contribution is -2.39. The average Bonchev–Trinajstić information content (AvgIpc) is 3.14. The first kappa shape index (κ1) is 16.0. The number of hydrogen-bond donors (Lipinski definition) is 0. The highest BCUT2D eigenvalue weighted by molar-refractivity contribution is 7.18. The molecule has 0 fully saturated rings. The van der Waals surface area contributed by atoms with Crippen LogP contribution in [0.15, 0.2) is 29.1 Å². The highest BCUT2D eigenvalue weighted by atomic mass is 32.1. The second-order valence-corrected chi connectivity index (χ2v) is 7.55. The molecule has 1 aliphatic heterocycles. The number of rotatable bonds is 3. The Morgan fingerprint density at radius 3 is 3.00 bits per heavy atom. The van der Waals surface area contributed by atoms with E-state index in [-0.39, 0.29) is 17.5 Å². The number of carbonyl (C=O) groups excluding carboxylic acids is 1. The number of thiazole rings is 1. The summed E-state index contributed by atoms with van der Waals surface area (Å²) >= 11 is 1.61. The number of fused-ring (bicyclic) bond motifs is 2. The molecule has 7 nitrogen and oxygen atoms in total. The van der Waals surface area contributed by atoms with E-state index in [2.05, 4.69) is 10.1 Å². The number of benzene rings is 1. The Bertz CT molecular complexity index is 969. The van der Waals surface area contributed by atoms with Gasteiger partial charge >= 0.3 is 5.69 Å². The summed E-state index contributed by atoms with van der Waals surface area (Å²) in [7, 11) is 3.44. The molecule has 1 atom stereocenters. The second-order valence-electron chi connectivity index (χ2n) is 6.44. The van der Waals surface area contributed by atoms with E-state index in [1.807, 2.05) is 24.3 Å². The molecule has 1 unspecified atom stereocenters. The summed E-state index contributed by atoms with van der Waals surface area (Å²) < 4.78 is 4.09. The van der Waals surface area contributed by atoms with Gasteiger partial charge in [0, 0.05) is 27.1 Å². The molecule has 0 bridgehead atoms. The molecule has 0 saturated heterocycles. The first-order valence-corrected chi connectivity index (χ1v) is 9.06. The normalized spacial score (nSPS) is 16.8. The van der Waals surface area contributed by atoms with Crippen molar-refractivity contribution in [3.63, 3.8) is 0 Å². The van der Waals surface area contributed by atoms with E-state index in [1.54, 1.807) is 34.9 Å². The zero-order chi connectivity index (χ0) is 17.6. The molecule has 1 aliphatic rings. The molecular weight excluding hydrogens is 338 g/mol. The van der Waals surface area contributed by atoms with Crippen LogP contribution in [0.5, 0.6) is 0 Å². The average molecular weight is 357 g/mol. The lowest BCUT2D eigenvalue weighted by molar-refractivity contribution is -0.135. The summed E-state index contributed by atoms with van der Waals surface area (Å²) in [5.41, 5.74) is 0.814.